The summed E-state index contributed by atoms with van der Waals surface area (Å²) in [6.45, 7) is 9.28. The van der Waals surface area contributed by atoms with E-state index in [1.54, 1.807) is 23.7 Å². The van der Waals surface area contributed by atoms with E-state index in [1.807, 2.05) is 30.8 Å². The summed E-state index contributed by atoms with van der Waals surface area (Å²) in [5, 5.41) is 1.90. The molecule has 0 saturated heterocycles. The molecule has 0 N–H and O–H groups in total. The monoisotopic (exact) mass is 387 g/mol. The number of pyridine rings is 1. The second-order valence-corrected chi connectivity index (χ2v) is 7.07. The molecule has 0 aliphatic heterocycles. The van der Waals surface area contributed by atoms with E-state index in [0.717, 1.165) is 37.7 Å². The summed E-state index contributed by atoms with van der Waals surface area (Å²) >= 11 is 1.56. The standard InChI is InChI=1S/C20H17N7S/c1-5-24-19(21-3)16-17-13(6-7-27(17)4)8-15(26-16)18-12(2)25-20(28-18)14-9-22-11-23-10-14/h5-11H,1,3H2,2,4H3. The SMILES string of the molecule is C=CN=C(N=C)c1nc(-c2sc(-c3cncnc3)nc2C)cc2ccn(C)c12. The third kappa shape index (κ3) is 3.03. The fraction of sp³-hybridized carbons (Fsp3) is 0.100. The van der Waals surface area contributed by atoms with Crippen LogP contribution in [0.4, 0.5) is 0 Å². The Hall–Kier alpha value is -3.52. The molecule has 0 spiro atoms. The van der Waals surface area contributed by atoms with Crippen LogP contribution in [0.5, 0.6) is 0 Å². The number of hydrogen-bond donors (Lipinski definition) is 0. The highest BCUT2D eigenvalue weighted by Gasteiger charge is 2.18. The number of nitrogens with zero attached hydrogens (tertiary/aromatic N) is 7. The van der Waals surface area contributed by atoms with Crippen molar-refractivity contribution in [3.63, 3.8) is 0 Å². The van der Waals surface area contributed by atoms with Gasteiger partial charge in [0.2, 0.25) is 0 Å². The molecule has 8 heteroatoms. The largest absolute Gasteiger partial charge is 0.349 e. The number of aliphatic imine (C=N–C) groups is 2. The van der Waals surface area contributed by atoms with Crippen LogP contribution in [0.15, 0.2) is 59.8 Å². The van der Waals surface area contributed by atoms with E-state index in [4.69, 9.17) is 4.98 Å². The lowest BCUT2D eigenvalue weighted by molar-refractivity contribution is 0.963. The Morgan fingerprint density at radius 3 is 2.75 bits per heavy atom. The number of aryl methyl sites for hydroxylation is 2. The Morgan fingerprint density at radius 1 is 1.25 bits per heavy atom. The van der Waals surface area contributed by atoms with Gasteiger partial charge in [0.05, 0.1) is 21.8 Å². The molecule has 4 aromatic heterocycles. The van der Waals surface area contributed by atoms with Gasteiger partial charge >= 0.3 is 0 Å². The summed E-state index contributed by atoms with van der Waals surface area (Å²) in [4.78, 5) is 27.0. The van der Waals surface area contributed by atoms with E-state index in [2.05, 4.69) is 44.3 Å². The maximum atomic E-state index is 4.87. The van der Waals surface area contributed by atoms with Gasteiger partial charge in [0, 0.05) is 42.8 Å². The Balaban J connectivity index is 1.93. The van der Waals surface area contributed by atoms with Gasteiger partial charge in [-0.25, -0.2) is 29.9 Å². The summed E-state index contributed by atoms with van der Waals surface area (Å²) in [6.07, 6.45) is 8.44. The third-order valence-corrected chi connectivity index (χ3v) is 5.49. The Labute approximate surface area is 165 Å². The first-order chi connectivity index (χ1) is 13.6. The average molecular weight is 387 g/mol. The van der Waals surface area contributed by atoms with E-state index in [9.17, 15) is 0 Å². The molecule has 0 bridgehead atoms. The summed E-state index contributed by atoms with van der Waals surface area (Å²) < 4.78 is 2.00. The van der Waals surface area contributed by atoms with Gasteiger partial charge in [0.1, 0.15) is 17.0 Å². The Bertz CT molecular complexity index is 1220. The molecule has 0 radical (unpaired) electrons. The van der Waals surface area contributed by atoms with Crippen molar-refractivity contribution in [2.24, 2.45) is 17.0 Å². The molecule has 0 aliphatic rings. The number of thiazole rings is 1. The molecular formula is C20H17N7S. The van der Waals surface area contributed by atoms with Gasteiger partial charge in [0.15, 0.2) is 5.84 Å². The van der Waals surface area contributed by atoms with Crippen LogP contribution in [0, 0.1) is 6.92 Å². The van der Waals surface area contributed by atoms with Gasteiger partial charge in [-0.05, 0) is 25.8 Å². The Morgan fingerprint density at radius 2 is 2.04 bits per heavy atom. The average Bonchev–Trinajstić information content (AvgIpc) is 3.29. The molecule has 0 unspecified atom stereocenters. The molecule has 7 nitrogen and oxygen atoms in total. The molecule has 0 aromatic carbocycles. The summed E-state index contributed by atoms with van der Waals surface area (Å²) in [7, 11) is 1.97. The lowest BCUT2D eigenvalue weighted by Crippen LogP contribution is -2.05. The number of hydrogen-bond acceptors (Lipinski definition) is 6. The van der Waals surface area contributed by atoms with Crippen LogP contribution in [-0.4, -0.2) is 37.1 Å². The van der Waals surface area contributed by atoms with Crippen molar-refractivity contribution >= 4 is 34.8 Å². The van der Waals surface area contributed by atoms with Crippen LogP contribution >= 0.6 is 11.3 Å². The zero-order valence-corrected chi connectivity index (χ0v) is 16.3. The molecule has 4 aromatic rings. The van der Waals surface area contributed by atoms with Crippen molar-refractivity contribution in [2.75, 3.05) is 0 Å². The van der Waals surface area contributed by atoms with E-state index >= 15 is 0 Å². The second-order valence-electron chi connectivity index (χ2n) is 6.07. The highest BCUT2D eigenvalue weighted by atomic mass is 32.1. The zero-order valence-electron chi connectivity index (χ0n) is 15.5. The number of amidine groups is 1. The first kappa shape index (κ1) is 17.9. The van der Waals surface area contributed by atoms with E-state index in [0.29, 0.717) is 11.5 Å². The van der Waals surface area contributed by atoms with Crippen molar-refractivity contribution in [1.82, 2.24) is 24.5 Å². The normalized spacial score (nSPS) is 11.7. The van der Waals surface area contributed by atoms with E-state index < -0.39 is 0 Å². The topological polar surface area (TPSA) is 81.2 Å². The fourth-order valence-electron chi connectivity index (χ4n) is 3.03. The van der Waals surface area contributed by atoms with E-state index in [1.165, 1.54) is 12.5 Å². The molecule has 0 aliphatic carbocycles. The van der Waals surface area contributed by atoms with Gasteiger partial charge in [-0.3, -0.25) is 0 Å². The predicted octanol–water partition coefficient (Wildman–Crippen LogP) is 4.05. The first-order valence-corrected chi connectivity index (χ1v) is 9.29. The van der Waals surface area contributed by atoms with Crippen molar-refractivity contribution in [2.45, 2.75) is 6.92 Å². The molecule has 0 atom stereocenters. The minimum atomic E-state index is 0.433. The summed E-state index contributed by atoms with van der Waals surface area (Å²) in [6, 6.07) is 4.10. The Kier molecular flexibility index (Phi) is 4.62. The minimum absolute atomic E-state index is 0.433. The van der Waals surface area contributed by atoms with Gasteiger partial charge in [-0.1, -0.05) is 6.58 Å². The van der Waals surface area contributed by atoms with E-state index in [-0.39, 0.29) is 0 Å². The molecule has 138 valence electrons. The molecule has 4 rings (SSSR count). The van der Waals surface area contributed by atoms with Gasteiger partial charge < -0.3 is 4.57 Å². The van der Waals surface area contributed by atoms with Crippen molar-refractivity contribution in [3.8, 4) is 21.1 Å². The number of aromatic nitrogens is 5. The van der Waals surface area contributed by atoms with Crippen LogP contribution in [0.25, 0.3) is 32.0 Å². The number of rotatable bonds is 4. The van der Waals surface area contributed by atoms with Crippen LogP contribution < -0.4 is 0 Å². The predicted molar refractivity (Wildman–Crippen MR) is 114 cm³/mol. The molecule has 0 fully saturated rings. The molecular weight excluding hydrogens is 370 g/mol. The second kappa shape index (κ2) is 7.24. The summed E-state index contributed by atoms with van der Waals surface area (Å²) in [5.41, 5.74) is 4.19. The van der Waals surface area contributed by atoms with Crippen LogP contribution in [0.3, 0.4) is 0 Å². The van der Waals surface area contributed by atoms with Crippen LogP contribution in [0.2, 0.25) is 0 Å². The third-order valence-electron chi connectivity index (χ3n) is 4.26. The van der Waals surface area contributed by atoms with Crippen LogP contribution in [-0.2, 0) is 7.05 Å². The fourth-order valence-corrected chi connectivity index (χ4v) is 4.03. The van der Waals surface area contributed by atoms with Crippen molar-refractivity contribution in [3.05, 3.63) is 61.2 Å². The lowest BCUT2D eigenvalue weighted by Gasteiger charge is -2.08. The molecule has 0 saturated carbocycles. The maximum Gasteiger partial charge on any atom is 0.179 e. The highest BCUT2D eigenvalue weighted by Crippen LogP contribution is 2.35. The lowest BCUT2D eigenvalue weighted by atomic mass is 10.1. The molecule has 0 amide bonds. The smallest absolute Gasteiger partial charge is 0.179 e. The van der Waals surface area contributed by atoms with Gasteiger partial charge in [0.25, 0.3) is 0 Å². The van der Waals surface area contributed by atoms with Gasteiger partial charge in [-0.2, -0.15) is 0 Å². The van der Waals surface area contributed by atoms with Crippen molar-refractivity contribution < 1.29 is 0 Å². The molecule has 28 heavy (non-hydrogen) atoms. The first-order valence-electron chi connectivity index (χ1n) is 8.47. The van der Waals surface area contributed by atoms with Crippen LogP contribution in [0.1, 0.15) is 11.4 Å². The molecule has 4 heterocycles. The maximum absolute atomic E-state index is 4.87. The van der Waals surface area contributed by atoms with Crippen molar-refractivity contribution in [1.29, 1.82) is 0 Å². The highest BCUT2D eigenvalue weighted by molar-refractivity contribution is 7.18. The quantitative estimate of drug-likeness (QED) is 0.391. The number of fused-ring (bicyclic) bond motifs is 1. The zero-order chi connectivity index (χ0) is 19.7. The summed E-state index contributed by atoms with van der Waals surface area (Å²) in [5.74, 6) is 0.433. The minimum Gasteiger partial charge on any atom is -0.349 e. The van der Waals surface area contributed by atoms with Gasteiger partial charge in [-0.15, -0.1) is 11.3 Å².